The lowest BCUT2D eigenvalue weighted by Gasteiger charge is -2.36. The molecule has 3 aromatic rings. The van der Waals surface area contributed by atoms with Crippen LogP contribution in [0.4, 0.5) is 28.9 Å². The third-order valence-corrected chi connectivity index (χ3v) is 8.37. The Kier molecular flexibility index (Phi) is 10.7. The quantitative estimate of drug-likeness (QED) is 0.214. The molecular weight excluding hydrogens is 604 g/mol. The lowest BCUT2D eigenvalue weighted by atomic mass is 10.0. The number of fused-ring (bicyclic) bond motifs is 1. The van der Waals surface area contributed by atoms with E-state index in [1.54, 1.807) is 24.3 Å². The molecule has 2 heterocycles. The minimum atomic E-state index is -4.51. The number of nitrogens with one attached hydrogen (secondary N) is 2. The number of piperidine rings is 1. The Hall–Kier alpha value is -3.51. The van der Waals surface area contributed by atoms with Crippen LogP contribution in [0, 0.1) is 11.8 Å². The number of nitrogens with zero attached hydrogens (tertiary/aromatic N) is 2. The van der Waals surface area contributed by atoms with E-state index in [9.17, 15) is 26.7 Å². The molecule has 1 aliphatic heterocycles. The zero-order valence-corrected chi connectivity index (χ0v) is 25.4. The van der Waals surface area contributed by atoms with Crippen molar-refractivity contribution in [3.63, 3.8) is 0 Å². The second-order valence-corrected chi connectivity index (χ2v) is 12.7. The first kappa shape index (κ1) is 33.4. The normalized spacial score (nSPS) is 18.5. The van der Waals surface area contributed by atoms with Crippen LogP contribution in [0.25, 0.3) is 10.9 Å². The maximum atomic E-state index is 15.2. The predicted octanol–water partition coefficient (Wildman–Crippen LogP) is 3.91. The van der Waals surface area contributed by atoms with Crippen molar-refractivity contribution in [2.45, 2.75) is 42.4 Å². The molecule has 1 saturated heterocycles. The topological polar surface area (TPSA) is 105 Å². The maximum absolute atomic E-state index is 15.2. The molecular formula is C30H36F4N4O5S. The van der Waals surface area contributed by atoms with Gasteiger partial charge in [-0.05, 0) is 42.7 Å². The molecule has 14 heteroatoms. The molecule has 1 fully saturated rings. The highest BCUT2D eigenvalue weighted by Gasteiger charge is 2.32. The predicted molar refractivity (Wildman–Crippen MR) is 161 cm³/mol. The summed E-state index contributed by atoms with van der Waals surface area (Å²) in [5, 5.41) is 16.7. The number of alkyl halides is 4. The van der Waals surface area contributed by atoms with Crippen LogP contribution in [-0.4, -0.2) is 101 Å². The standard InChI is InChI=1S/C30H36F4N4O5S/c1-42-18-21(39)16-37-13-11-26(24(31)17-37)36-25-7-4-8-28-23(25)14-20(38(28)19-30(32,33)34)6-5-12-35-27-10-9-22(44(3,40)41)15-29(27)43-2/h4,7-10,14-15,21,24,26,35-36,39H,11-13,16-19H2,1-3H3/t21-,24+,26-/m0/s1. The van der Waals surface area contributed by atoms with Gasteiger partial charge in [0.05, 0.1) is 54.2 Å². The number of aromatic nitrogens is 1. The number of β-amino-alcohol motifs (C(OH)–C–C–N with tert-alkyl or cyclic N) is 1. The van der Waals surface area contributed by atoms with Gasteiger partial charge in [0.2, 0.25) is 0 Å². The third kappa shape index (κ3) is 8.56. The molecule has 3 atom stereocenters. The summed E-state index contributed by atoms with van der Waals surface area (Å²) in [6, 6.07) is 10.2. The van der Waals surface area contributed by atoms with Crippen LogP contribution in [0.3, 0.4) is 0 Å². The van der Waals surface area contributed by atoms with Crippen LogP contribution in [0.5, 0.6) is 5.75 Å². The fourth-order valence-corrected chi connectivity index (χ4v) is 5.86. The van der Waals surface area contributed by atoms with Crippen molar-refractivity contribution < 1.29 is 40.6 Å². The Morgan fingerprint density at radius 3 is 2.59 bits per heavy atom. The SMILES string of the molecule is COC[C@@H](O)CN1CC[C@H](Nc2cccc3c2cc(C#CCNc2ccc(S(C)(=O)=O)cc2OC)n3CC(F)(F)F)[C@H](F)C1. The number of sulfone groups is 1. The van der Waals surface area contributed by atoms with E-state index in [2.05, 4.69) is 22.5 Å². The molecule has 240 valence electrons. The van der Waals surface area contributed by atoms with Gasteiger partial charge in [0.15, 0.2) is 9.84 Å². The molecule has 0 spiro atoms. The van der Waals surface area contributed by atoms with E-state index in [1.807, 2.05) is 4.90 Å². The number of anilines is 2. The summed E-state index contributed by atoms with van der Waals surface area (Å²) in [6.07, 6.45) is -4.98. The summed E-state index contributed by atoms with van der Waals surface area (Å²) in [6.45, 7) is -0.141. The molecule has 1 aliphatic rings. The van der Waals surface area contributed by atoms with Crippen LogP contribution in [0.15, 0.2) is 47.4 Å². The van der Waals surface area contributed by atoms with Crippen molar-refractivity contribution in [1.82, 2.24) is 9.47 Å². The Morgan fingerprint density at radius 2 is 1.93 bits per heavy atom. The molecule has 0 radical (unpaired) electrons. The number of ether oxygens (including phenoxy) is 2. The molecule has 4 rings (SSSR count). The molecule has 3 N–H and O–H groups in total. The lowest BCUT2D eigenvalue weighted by Crippen LogP contribution is -2.50. The molecule has 2 aromatic carbocycles. The Labute approximate surface area is 254 Å². The third-order valence-electron chi connectivity index (χ3n) is 7.26. The van der Waals surface area contributed by atoms with Crippen LogP contribution in [0.1, 0.15) is 12.1 Å². The second kappa shape index (κ2) is 14.1. The summed E-state index contributed by atoms with van der Waals surface area (Å²) < 4.78 is 90.9. The average molecular weight is 641 g/mol. The second-order valence-electron chi connectivity index (χ2n) is 10.7. The molecule has 0 amide bonds. The minimum absolute atomic E-state index is 0.0361. The van der Waals surface area contributed by atoms with Crippen molar-refractivity contribution in [1.29, 1.82) is 0 Å². The van der Waals surface area contributed by atoms with E-state index >= 15 is 4.39 Å². The van der Waals surface area contributed by atoms with Crippen LogP contribution < -0.4 is 15.4 Å². The van der Waals surface area contributed by atoms with Crippen molar-refractivity contribution >= 4 is 32.1 Å². The summed E-state index contributed by atoms with van der Waals surface area (Å²) in [7, 11) is -0.571. The van der Waals surface area contributed by atoms with Gasteiger partial charge in [-0.25, -0.2) is 12.8 Å². The summed E-state index contributed by atoms with van der Waals surface area (Å²) in [5.74, 6) is 5.92. The highest BCUT2D eigenvalue weighted by molar-refractivity contribution is 7.90. The molecule has 9 nitrogen and oxygen atoms in total. The first-order valence-corrected chi connectivity index (χ1v) is 15.8. The number of halogens is 4. The zero-order valence-electron chi connectivity index (χ0n) is 24.6. The molecule has 0 aliphatic carbocycles. The fourth-order valence-electron chi connectivity index (χ4n) is 5.22. The van der Waals surface area contributed by atoms with E-state index in [0.29, 0.717) is 35.2 Å². The summed E-state index contributed by atoms with van der Waals surface area (Å²) in [5.41, 5.74) is 1.40. The average Bonchev–Trinajstić information content (AvgIpc) is 3.28. The van der Waals surface area contributed by atoms with Gasteiger partial charge in [-0.1, -0.05) is 12.0 Å². The largest absolute Gasteiger partial charge is 0.495 e. The maximum Gasteiger partial charge on any atom is 0.406 e. The number of hydrogen-bond acceptors (Lipinski definition) is 8. The van der Waals surface area contributed by atoms with Gasteiger partial charge in [-0.3, -0.25) is 4.90 Å². The van der Waals surface area contributed by atoms with Crippen LogP contribution in [-0.2, 0) is 21.1 Å². The van der Waals surface area contributed by atoms with E-state index in [0.717, 1.165) is 10.8 Å². The first-order valence-electron chi connectivity index (χ1n) is 13.9. The molecule has 1 aromatic heterocycles. The Bertz CT molecular complexity index is 1620. The molecule has 0 bridgehead atoms. The van der Waals surface area contributed by atoms with E-state index in [4.69, 9.17) is 9.47 Å². The monoisotopic (exact) mass is 640 g/mol. The van der Waals surface area contributed by atoms with Gasteiger partial charge in [-0.15, -0.1) is 0 Å². The smallest absolute Gasteiger partial charge is 0.406 e. The van der Waals surface area contributed by atoms with Crippen molar-refractivity contribution in [2.24, 2.45) is 0 Å². The van der Waals surface area contributed by atoms with Gasteiger partial charge >= 0.3 is 6.18 Å². The number of likely N-dealkylation sites (tertiary alicyclic amines) is 1. The van der Waals surface area contributed by atoms with E-state index in [1.165, 1.54) is 32.4 Å². The zero-order chi connectivity index (χ0) is 32.1. The number of aliphatic hydroxyl groups is 1. The number of aliphatic hydroxyl groups excluding tert-OH is 1. The van der Waals surface area contributed by atoms with Crippen LogP contribution in [0.2, 0.25) is 0 Å². The van der Waals surface area contributed by atoms with Gasteiger partial charge in [0.25, 0.3) is 0 Å². The van der Waals surface area contributed by atoms with E-state index in [-0.39, 0.29) is 42.6 Å². The highest BCUT2D eigenvalue weighted by atomic mass is 32.2. The lowest BCUT2D eigenvalue weighted by molar-refractivity contribution is -0.140. The van der Waals surface area contributed by atoms with Crippen LogP contribution >= 0.6 is 0 Å². The number of methoxy groups -OCH3 is 2. The van der Waals surface area contributed by atoms with Crippen molar-refractivity contribution in [2.75, 3.05) is 63.9 Å². The van der Waals surface area contributed by atoms with Crippen molar-refractivity contribution in [3.05, 3.63) is 48.2 Å². The van der Waals surface area contributed by atoms with Gasteiger partial charge in [0, 0.05) is 50.1 Å². The Morgan fingerprint density at radius 1 is 1.16 bits per heavy atom. The number of rotatable bonds is 11. The van der Waals surface area contributed by atoms with Gasteiger partial charge < -0.3 is 29.8 Å². The van der Waals surface area contributed by atoms with Gasteiger partial charge in [0.1, 0.15) is 18.5 Å². The van der Waals surface area contributed by atoms with E-state index < -0.39 is 40.9 Å². The summed E-state index contributed by atoms with van der Waals surface area (Å²) >= 11 is 0. The number of benzene rings is 2. The summed E-state index contributed by atoms with van der Waals surface area (Å²) in [4.78, 5) is 1.90. The fraction of sp³-hybridized carbons (Fsp3) is 0.467. The van der Waals surface area contributed by atoms with Gasteiger partial charge in [-0.2, -0.15) is 13.2 Å². The first-order chi connectivity index (χ1) is 20.8. The molecule has 0 unspecified atom stereocenters. The minimum Gasteiger partial charge on any atom is -0.495 e. The molecule has 44 heavy (non-hydrogen) atoms. The van der Waals surface area contributed by atoms with Crippen molar-refractivity contribution in [3.8, 4) is 17.6 Å². The number of hydrogen-bond donors (Lipinski definition) is 3. The highest BCUT2D eigenvalue weighted by Crippen LogP contribution is 2.32. The molecule has 0 saturated carbocycles. The Balaban J connectivity index is 1.54.